The third-order valence-electron chi connectivity index (χ3n) is 3.87. The lowest BCUT2D eigenvalue weighted by Crippen LogP contribution is -2.43. The summed E-state index contributed by atoms with van der Waals surface area (Å²) in [7, 11) is 2.32. The lowest BCUT2D eigenvalue weighted by molar-refractivity contribution is -0.115. The summed E-state index contributed by atoms with van der Waals surface area (Å²) in [6, 6.07) is 12.2. The minimum atomic E-state index is -0.860. The first kappa shape index (κ1) is 23.2. The standard InChI is InChI=1S/C21H24N4O6/c1-5-18(26)22-16-11-10-15(31-14-8-6-13(2)7-9-14)12-17(16)23-19(24-20(27)29-3)25-21(28)30-4/h6-12H,5H2,1-4H3,(H,22,26)(H2,23,24,25,27,28). The van der Waals surface area contributed by atoms with Gasteiger partial charge in [-0.3, -0.25) is 15.4 Å². The number of methoxy groups -OCH3 is 2. The number of nitrogens with zero attached hydrogens (tertiary/aromatic N) is 1. The number of amides is 3. The summed E-state index contributed by atoms with van der Waals surface area (Å²) >= 11 is 0. The van der Waals surface area contributed by atoms with Crippen LogP contribution >= 0.6 is 0 Å². The number of anilines is 1. The molecule has 31 heavy (non-hydrogen) atoms. The van der Waals surface area contributed by atoms with Crippen molar-refractivity contribution in [1.29, 1.82) is 0 Å². The van der Waals surface area contributed by atoms with Gasteiger partial charge in [0.1, 0.15) is 11.5 Å². The summed E-state index contributed by atoms with van der Waals surface area (Å²) in [5.41, 5.74) is 1.65. The fraction of sp³-hybridized carbons (Fsp3) is 0.238. The number of rotatable bonds is 5. The molecule has 0 aliphatic rings. The van der Waals surface area contributed by atoms with Gasteiger partial charge in [0.15, 0.2) is 0 Å². The van der Waals surface area contributed by atoms with Gasteiger partial charge in [0, 0.05) is 12.5 Å². The Hall–Kier alpha value is -4.08. The minimum absolute atomic E-state index is 0.217. The molecular weight excluding hydrogens is 404 g/mol. The second-order valence-corrected chi connectivity index (χ2v) is 6.19. The molecule has 0 heterocycles. The number of hydrogen-bond acceptors (Lipinski definition) is 7. The first-order valence-electron chi connectivity index (χ1n) is 9.31. The molecule has 2 aromatic rings. The number of carbonyl (C=O) groups excluding carboxylic acids is 3. The molecule has 2 aromatic carbocycles. The Labute approximate surface area is 179 Å². The molecule has 2 rings (SSSR count). The molecule has 0 saturated carbocycles. The highest BCUT2D eigenvalue weighted by molar-refractivity contribution is 6.03. The maximum Gasteiger partial charge on any atom is 0.413 e. The Balaban J connectivity index is 2.44. The van der Waals surface area contributed by atoms with E-state index in [1.54, 1.807) is 25.1 Å². The van der Waals surface area contributed by atoms with Crippen LogP contribution in [0.5, 0.6) is 11.5 Å². The third kappa shape index (κ3) is 7.35. The molecule has 0 fully saturated rings. The van der Waals surface area contributed by atoms with E-state index in [0.717, 1.165) is 19.8 Å². The van der Waals surface area contributed by atoms with Crippen LogP contribution in [-0.2, 0) is 14.3 Å². The van der Waals surface area contributed by atoms with Gasteiger partial charge in [-0.05, 0) is 31.2 Å². The van der Waals surface area contributed by atoms with Gasteiger partial charge in [0.25, 0.3) is 0 Å². The molecule has 3 amide bonds. The van der Waals surface area contributed by atoms with Crippen LogP contribution in [0.2, 0.25) is 0 Å². The summed E-state index contributed by atoms with van der Waals surface area (Å²) < 4.78 is 14.9. The average molecular weight is 428 g/mol. The molecule has 164 valence electrons. The molecule has 0 aliphatic heterocycles. The lowest BCUT2D eigenvalue weighted by atomic mass is 10.2. The molecule has 0 unspecified atom stereocenters. The Morgan fingerprint density at radius 2 is 1.48 bits per heavy atom. The molecule has 0 saturated heterocycles. The van der Waals surface area contributed by atoms with Crippen molar-refractivity contribution in [1.82, 2.24) is 10.6 Å². The number of carbonyl (C=O) groups is 3. The van der Waals surface area contributed by atoms with Crippen LogP contribution in [0, 0.1) is 6.92 Å². The fourth-order valence-electron chi connectivity index (χ4n) is 2.26. The van der Waals surface area contributed by atoms with Gasteiger partial charge in [-0.25, -0.2) is 14.6 Å². The summed E-state index contributed by atoms with van der Waals surface area (Å²) in [5, 5.41) is 7.26. The monoisotopic (exact) mass is 428 g/mol. The Kier molecular flexibility index (Phi) is 8.38. The van der Waals surface area contributed by atoms with Crippen molar-refractivity contribution in [2.75, 3.05) is 19.5 Å². The normalized spacial score (nSPS) is 9.81. The predicted octanol–water partition coefficient (Wildman–Crippen LogP) is 3.84. The van der Waals surface area contributed by atoms with E-state index in [9.17, 15) is 14.4 Å². The zero-order valence-corrected chi connectivity index (χ0v) is 17.6. The number of alkyl carbamates (subject to hydrolysis) is 2. The number of benzene rings is 2. The number of aliphatic imine (C=N–C) groups is 1. The van der Waals surface area contributed by atoms with E-state index >= 15 is 0 Å². The van der Waals surface area contributed by atoms with Crippen LogP contribution in [0.3, 0.4) is 0 Å². The molecule has 10 nitrogen and oxygen atoms in total. The van der Waals surface area contributed by atoms with Crippen molar-refractivity contribution in [3.8, 4) is 11.5 Å². The molecule has 0 atom stereocenters. The summed E-state index contributed by atoms with van der Waals surface area (Å²) in [6.45, 7) is 3.67. The molecule has 10 heteroatoms. The van der Waals surface area contributed by atoms with Crippen LogP contribution in [0.15, 0.2) is 47.5 Å². The number of ether oxygens (including phenoxy) is 3. The highest BCUT2D eigenvalue weighted by Gasteiger charge is 2.14. The van der Waals surface area contributed by atoms with Crippen LogP contribution in [0.25, 0.3) is 0 Å². The summed E-state index contributed by atoms with van der Waals surface area (Å²) in [4.78, 5) is 39.4. The number of nitrogens with one attached hydrogen (secondary N) is 3. The highest BCUT2D eigenvalue weighted by Crippen LogP contribution is 2.32. The van der Waals surface area contributed by atoms with Crippen molar-refractivity contribution < 1.29 is 28.6 Å². The maximum absolute atomic E-state index is 11.9. The van der Waals surface area contributed by atoms with Crippen molar-refractivity contribution >= 4 is 35.4 Å². The maximum atomic E-state index is 11.9. The number of aryl methyl sites for hydroxylation is 1. The van der Waals surface area contributed by atoms with Crippen LogP contribution in [-0.4, -0.2) is 38.3 Å². The zero-order chi connectivity index (χ0) is 22.8. The zero-order valence-electron chi connectivity index (χ0n) is 17.6. The quantitative estimate of drug-likeness (QED) is 0.490. The van der Waals surface area contributed by atoms with Crippen molar-refractivity contribution in [2.45, 2.75) is 20.3 Å². The van der Waals surface area contributed by atoms with Gasteiger partial charge in [-0.2, -0.15) is 0 Å². The SMILES string of the molecule is CCC(=O)Nc1ccc(Oc2ccc(C)cc2)cc1N=C(NC(=O)OC)NC(=O)OC. The van der Waals surface area contributed by atoms with Crippen LogP contribution in [0.4, 0.5) is 21.0 Å². The highest BCUT2D eigenvalue weighted by atomic mass is 16.5. The van der Waals surface area contributed by atoms with Gasteiger partial charge in [-0.15, -0.1) is 0 Å². The Morgan fingerprint density at radius 3 is 2.03 bits per heavy atom. The van der Waals surface area contributed by atoms with Gasteiger partial charge in [-0.1, -0.05) is 24.6 Å². The van der Waals surface area contributed by atoms with E-state index < -0.39 is 12.2 Å². The topological polar surface area (TPSA) is 127 Å². The van der Waals surface area contributed by atoms with E-state index in [-0.39, 0.29) is 24.0 Å². The summed E-state index contributed by atoms with van der Waals surface area (Å²) in [6.07, 6.45) is -1.47. The Bertz CT molecular complexity index is 952. The number of guanidine groups is 1. The number of hydrogen-bond donors (Lipinski definition) is 3. The van der Waals surface area contributed by atoms with Crippen LogP contribution < -0.4 is 20.7 Å². The predicted molar refractivity (Wildman–Crippen MR) is 115 cm³/mol. The molecule has 3 N–H and O–H groups in total. The van der Waals surface area contributed by atoms with Crippen molar-refractivity contribution in [2.24, 2.45) is 4.99 Å². The molecular formula is C21H24N4O6. The summed E-state index contributed by atoms with van der Waals surface area (Å²) in [5.74, 6) is 0.518. The fourth-order valence-corrected chi connectivity index (χ4v) is 2.26. The Morgan fingerprint density at radius 1 is 0.903 bits per heavy atom. The molecule has 0 aliphatic carbocycles. The smallest absolute Gasteiger partial charge is 0.413 e. The first-order chi connectivity index (χ1) is 14.8. The van der Waals surface area contributed by atoms with Gasteiger partial charge in [0.2, 0.25) is 11.9 Å². The minimum Gasteiger partial charge on any atom is -0.457 e. The third-order valence-corrected chi connectivity index (χ3v) is 3.87. The lowest BCUT2D eigenvalue weighted by Gasteiger charge is -2.13. The van der Waals surface area contributed by atoms with Gasteiger partial charge < -0.3 is 19.5 Å². The van der Waals surface area contributed by atoms with E-state index in [0.29, 0.717) is 17.2 Å². The van der Waals surface area contributed by atoms with Gasteiger partial charge in [0.05, 0.1) is 25.6 Å². The van der Waals surface area contributed by atoms with Crippen LogP contribution in [0.1, 0.15) is 18.9 Å². The largest absolute Gasteiger partial charge is 0.457 e. The molecule has 0 bridgehead atoms. The van der Waals surface area contributed by atoms with Gasteiger partial charge >= 0.3 is 12.2 Å². The van der Waals surface area contributed by atoms with Crippen molar-refractivity contribution in [3.63, 3.8) is 0 Å². The molecule has 0 radical (unpaired) electrons. The van der Waals surface area contributed by atoms with E-state index in [1.807, 2.05) is 31.2 Å². The molecule has 0 spiro atoms. The van der Waals surface area contributed by atoms with E-state index in [1.165, 1.54) is 0 Å². The molecule has 0 aromatic heterocycles. The van der Waals surface area contributed by atoms with E-state index in [2.05, 4.69) is 30.4 Å². The van der Waals surface area contributed by atoms with E-state index in [4.69, 9.17) is 4.74 Å². The average Bonchev–Trinajstić information content (AvgIpc) is 2.76. The van der Waals surface area contributed by atoms with Crippen molar-refractivity contribution in [3.05, 3.63) is 48.0 Å². The second kappa shape index (κ2) is 11.2. The second-order valence-electron chi connectivity index (χ2n) is 6.19. The first-order valence-corrected chi connectivity index (χ1v) is 9.31.